The molecule has 1 fully saturated rings. The van der Waals surface area contributed by atoms with Crippen LogP contribution in [0.1, 0.15) is 41.4 Å². The number of carbonyl (C=O) groups is 1. The molecule has 0 unspecified atom stereocenters. The van der Waals surface area contributed by atoms with Gasteiger partial charge in [-0.15, -0.1) is 0 Å². The summed E-state index contributed by atoms with van der Waals surface area (Å²) in [5.41, 5.74) is 3.73. The summed E-state index contributed by atoms with van der Waals surface area (Å²) in [6, 6.07) is 11.0. The molecule has 2 heterocycles. The summed E-state index contributed by atoms with van der Waals surface area (Å²) >= 11 is 0. The predicted molar refractivity (Wildman–Crippen MR) is 118 cm³/mol. The van der Waals surface area contributed by atoms with Crippen molar-refractivity contribution in [2.75, 3.05) is 26.2 Å². The van der Waals surface area contributed by atoms with Crippen LogP contribution in [0.4, 0.5) is 0 Å². The van der Waals surface area contributed by atoms with E-state index < -0.39 is 0 Å². The van der Waals surface area contributed by atoms with E-state index in [9.17, 15) is 15.0 Å². The molecule has 3 aromatic rings. The molecule has 7 heteroatoms. The monoisotopic (exact) mass is 421 g/mol. The summed E-state index contributed by atoms with van der Waals surface area (Å²) < 4.78 is 5.50. The molecule has 7 nitrogen and oxygen atoms in total. The fourth-order valence-corrected chi connectivity index (χ4v) is 3.99. The molecule has 31 heavy (non-hydrogen) atoms. The third kappa shape index (κ3) is 4.33. The van der Waals surface area contributed by atoms with Crippen LogP contribution >= 0.6 is 0 Å². The molecule has 3 N–H and O–H groups in total. The van der Waals surface area contributed by atoms with E-state index in [2.05, 4.69) is 15.4 Å². The highest BCUT2D eigenvalue weighted by Gasteiger charge is 2.23. The first-order valence-corrected chi connectivity index (χ1v) is 10.5. The number of phenolic OH excluding ortho intramolecular Hbond substituents is 2. The van der Waals surface area contributed by atoms with Crippen LogP contribution in [-0.4, -0.2) is 52.7 Å². The lowest BCUT2D eigenvalue weighted by atomic mass is 9.94. The number of aldehydes is 1. The van der Waals surface area contributed by atoms with Gasteiger partial charge in [0.15, 0.2) is 17.7 Å². The Kier molecular flexibility index (Phi) is 6.06. The molecular formula is C24H27N3O4. The average molecular weight is 421 g/mol. The van der Waals surface area contributed by atoms with Crippen LogP contribution in [-0.2, 0) is 6.54 Å². The summed E-state index contributed by atoms with van der Waals surface area (Å²) in [6.07, 6.45) is 0.651. The zero-order chi connectivity index (χ0) is 22.0. The minimum absolute atomic E-state index is 0.0187. The van der Waals surface area contributed by atoms with Gasteiger partial charge in [0, 0.05) is 38.8 Å². The fraction of sp³-hybridized carbons (Fsp3) is 0.333. The van der Waals surface area contributed by atoms with Gasteiger partial charge in [0.2, 0.25) is 0 Å². The van der Waals surface area contributed by atoms with Crippen LogP contribution in [0, 0.1) is 0 Å². The lowest BCUT2D eigenvalue weighted by Gasteiger charge is -2.27. The van der Waals surface area contributed by atoms with Crippen LogP contribution in [0.25, 0.3) is 22.5 Å². The van der Waals surface area contributed by atoms with Gasteiger partial charge in [-0.1, -0.05) is 43.3 Å². The highest BCUT2D eigenvalue weighted by Crippen LogP contribution is 2.42. The van der Waals surface area contributed by atoms with E-state index in [4.69, 9.17) is 4.52 Å². The van der Waals surface area contributed by atoms with Crippen molar-refractivity contribution in [3.05, 3.63) is 53.2 Å². The quantitative estimate of drug-likeness (QED) is 0.521. The van der Waals surface area contributed by atoms with Gasteiger partial charge >= 0.3 is 0 Å². The fourth-order valence-electron chi connectivity index (χ4n) is 3.99. The molecule has 0 amide bonds. The highest BCUT2D eigenvalue weighted by atomic mass is 16.5. The molecule has 2 aromatic carbocycles. The van der Waals surface area contributed by atoms with E-state index >= 15 is 0 Å². The summed E-state index contributed by atoms with van der Waals surface area (Å²) in [6.45, 7) is 8.81. The largest absolute Gasteiger partial charge is 0.508 e. The summed E-state index contributed by atoms with van der Waals surface area (Å²) in [5, 5.41) is 27.9. The molecule has 0 radical (unpaired) electrons. The van der Waals surface area contributed by atoms with Crippen molar-refractivity contribution in [2.24, 2.45) is 0 Å². The van der Waals surface area contributed by atoms with Gasteiger partial charge < -0.3 is 20.1 Å². The minimum atomic E-state index is -0.132. The molecule has 4 rings (SSSR count). The van der Waals surface area contributed by atoms with E-state index in [1.807, 2.05) is 38.1 Å². The van der Waals surface area contributed by atoms with Crippen molar-refractivity contribution in [3.63, 3.8) is 0 Å². The number of hydrogen-bond donors (Lipinski definition) is 3. The number of piperazine rings is 1. The number of rotatable bonds is 6. The zero-order valence-electron chi connectivity index (χ0n) is 17.8. The van der Waals surface area contributed by atoms with E-state index in [0.717, 1.165) is 38.3 Å². The number of phenols is 2. The maximum absolute atomic E-state index is 11.7. The topological polar surface area (TPSA) is 98.8 Å². The smallest absolute Gasteiger partial charge is 0.179 e. The Balaban J connectivity index is 1.71. The second-order valence-electron chi connectivity index (χ2n) is 8.20. The minimum Gasteiger partial charge on any atom is -0.508 e. The Hall–Kier alpha value is -3.16. The first-order chi connectivity index (χ1) is 15.0. The van der Waals surface area contributed by atoms with Crippen molar-refractivity contribution in [1.82, 2.24) is 15.4 Å². The van der Waals surface area contributed by atoms with Gasteiger partial charge in [0.05, 0.1) is 11.1 Å². The normalized spacial score (nSPS) is 14.8. The number of nitrogens with one attached hydrogen (secondary N) is 1. The van der Waals surface area contributed by atoms with E-state index in [1.165, 1.54) is 11.6 Å². The van der Waals surface area contributed by atoms with Crippen LogP contribution in [0.2, 0.25) is 0 Å². The second kappa shape index (κ2) is 8.91. The number of benzene rings is 2. The first kappa shape index (κ1) is 21.1. The summed E-state index contributed by atoms with van der Waals surface area (Å²) in [4.78, 5) is 14.0. The van der Waals surface area contributed by atoms with Gasteiger partial charge in [-0.05, 0) is 28.7 Å². The van der Waals surface area contributed by atoms with E-state index in [-0.39, 0.29) is 23.1 Å². The van der Waals surface area contributed by atoms with Crippen LogP contribution in [0.3, 0.4) is 0 Å². The molecule has 0 atom stereocenters. The average Bonchev–Trinajstić information content (AvgIpc) is 3.18. The SMILES string of the molecule is CC(C)c1cc(-c2onc(C=O)c2-c2ccc(CN3CCNCC3)cc2)c(O)cc1O. The molecule has 1 aliphatic heterocycles. The molecule has 0 bridgehead atoms. The lowest BCUT2D eigenvalue weighted by Crippen LogP contribution is -2.42. The Morgan fingerprint density at radius 2 is 1.84 bits per heavy atom. The van der Waals surface area contributed by atoms with Crippen LogP contribution in [0.15, 0.2) is 40.9 Å². The number of aromatic nitrogens is 1. The Labute approximate surface area is 181 Å². The number of aromatic hydroxyl groups is 2. The summed E-state index contributed by atoms with van der Waals surface area (Å²) in [5.74, 6) is 0.231. The van der Waals surface area contributed by atoms with Gasteiger partial charge in [-0.3, -0.25) is 9.69 Å². The number of nitrogens with zero attached hydrogens (tertiary/aromatic N) is 2. The van der Waals surface area contributed by atoms with Gasteiger partial charge in [0.1, 0.15) is 11.5 Å². The molecule has 0 spiro atoms. The standard InChI is InChI=1S/C24H27N3O4/c1-15(2)18-11-19(22(30)12-21(18)29)24-23(20(14-28)26-31-24)17-5-3-16(4-6-17)13-27-9-7-25-8-10-27/h3-6,11-12,14-15,25,29-30H,7-10,13H2,1-2H3. The first-order valence-electron chi connectivity index (χ1n) is 10.5. The molecule has 1 saturated heterocycles. The third-order valence-electron chi connectivity index (χ3n) is 5.70. The maximum Gasteiger partial charge on any atom is 0.179 e. The molecular weight excluding hydrogens is 394 g/mol. The second-order valence-corrected chi connectivity index (χ2v) is 8.20. The lowest BCUT2D eigenvalue weighted by molar-refractivity contribution is 0.111. The predicted octanol–water partition coefficient (Wildman–Crippen LogP) is 3.76. The molecule has 162 valence electrons. The molecule has 1 aliphatic rings. The summed E-state index contributed by atoms with van der Waals surface area (Å²) in [7, 11) is 0. The van der Waals surface area contributed by atoms with E-state index in [1.54, 1.807) is 6.07 Å². The Bertz CT molecular complexity index is 1070. The maximum atomic E-state index is 11.7. The van der Waals surface area contributed by atoms with Crippen LogP contribution < -0.4 is 5.32 Å². The van der Waals surface area contributed by atoms with Gasteiger partial charge in [0.25, 0.3) is 0 Å². The van der Waals surface area contributed by atoms with Crippen LogP contribution in [0.5, 0.6) is 11.5 Å². The van der Waals surface area contributed by atoms with Crippen molar-refractivity contribution >= 4 is 6.29 Å². The molecule has 0 aliphatic carbocycles. The van der Waals surface area contributed by atoms with Crippen molar-refractivity contribution in [3.8, 4) is 33.9 Å². The van der Waals surface area contributed by atoms with Gasteiger partial charge in [-0.25, -0.2) is 0 Å². The Morgan fingerprint density at radius 1 is 1.13 bits per heavy atom. The molecule has 0 saturated carbocycles. The zero-order valence-corrected chi connectivity index (χ0v) is 17.8. The van der Waals surface area contributed by atoms with Crippen molar-refractivity contribution < 1.29 is 19.5 Å². The molecule has 1 aromatic heterocycles. The highest BCUT2D eigenvalue weighted by molar-refractivity contribution is 5.93. The van der Waals surface area contributed by atoms with E-state index in [0.29, 0.717) is 28.7 Å². The number of carbonyl (C=O) groups excluding carboxylic acids is 1. The van der Waals surface area contributed by atoms with Gasteiger partial charge in [-0.2, -0.15) is 0 Å². The number of hydrogen-bond acceptors (Lipinski definition) is 7. The Morgan fingerprint density at radius 3 is 2.48 bits per heavy atom. The third-order valence-corrected chi connectivity index (χ3v) is 5.70. The van der Waals surface area contributed by atoms with Crippen molar-refractivity contribution in [1.29, 1.82) is 0 Å². The van der Waals surface area contributed by atoms with Crippen molar-refractivity contribution in [2.45, 2.75) is 26.3 Å².